The highest BCUT2D eigenvalue weighted by molar-refractivity contribution is 6.22. The number of fused-ring (bicyclic) bond motifs is 1. The molecule has 0 aliphatic carbocycles. The van der Waals surface area contributed by atoms with E-state index >= 15 is 0 Å². The molecule has 1 aliphatic rings. The van der Waals surface area contributed by atoms with Crippen LogP contribution in [0.3, 0.4) is 0 Å². The predicted molar refractivity (Wildman–Crippen MR) is 92.6 cm³/mol. The van der Waals surface area contributed by atoms with E-state index in [9.17, 15) is 19.2 Å². The fraction of sp³-hybridized carbons (Fsp3) is 0.105. The molecule has 0 saturated heterocycles. The fourth-order valence-corrected chi connectivity index (χ4v) is 2.58. The molecule has 8 heteroatoms. The minimum absolute atomic E-state index is 0.223. The first-order chi connectivity index (χ1) is 13.0. The van der Waals surface area contributed by atoms with Gasteiger partial charge in [0, 0.05) is 0 Å². The topological polar surface area (TPSA) is 117 Å². The number of benzene rings is 2. The van der Waals surface area contributed by atoms with E-state index in [1.807, 2.05) is 6.07 Å². The highest BCUT2D eigenvalue weighted by Crippen LogP contribution is 2.22. The second kappa shape index (κ2) is 7.49. The van der Waals surface area contributed by atoms with Crippen LogP contribution in [0.5, 0.6) is 0 Å². The molecule has 3 rings (SSSR count). The Balaban J connectivity index is 1.55. The van der Waals surface area contributed by atoms with Crippen LogP contribution in [-0.2, 0) is 14.3 Å². The lowest BCUT2D eigenvalue weighted by Crippen LogP contribution is -2.36. The van der Waals surface area contributed by atoms with Crippen molar-refractivity contribution in [3.8, 4) is 6.07 Å². The van der Waals surface area contributed by atoms with Gasteiger partial charge in [0.25, 0.3) is 17.7 Å². The molecule has 0 atom stereocenters. The zero-order chi connectivity index (χ0) is 19.4. The molecule has 0 bridgehead atoms. The molecular weight excluding hydrogens is 350 g/mol. The molecule has 2 aromatic carbocycles. The third-order valence-corrected chi connectivity index (χ3v) is 3.85. The number of para-hydroxylation sites is 1. The molecule has 0 radical (unpaired) electrons. The maximum atomic E-state index is 12.2. The molecule has 1 aliphatic heterocycles. The van der Waals surface area contributed by atoms with E-state index in [1.54, 1.807) is 24.3 Å². The van der Waals surface area contributed by atoms with Crippen molar-refractivity contribution in [1.82, 2.24) is 4.90 Å². The molecule has 8 nitrogen and oxygen atoms in total. The van der Waals surface area contributed by atoms with Gasteiger partial charge in [-0.3, -0.25) is 24.1 Å². The summed E-state index contributed by atoms with van der Waals surface area (Å²) in [6.07, 6.45) is 0. The number of anilines is 1. The summed E-state index contributed by atoms with van der Waals surface area (Å²) in [5, 5.41) is 11.4. The van der Waals surface area contributed by atoms with E-state index in [2.05, 4.69) is 5.32 Å². The number of imide groups is 1. The Kier molecular flexibility index (Phi) is 4.95. The second-order valence-electron chi connectivity index (χ2n) is 5.61. The number of carbonyl (C=O) groups excluding carboxylic acids is 4. The number of carbonyl (C=O) groups is 4. The van der Waals surface area contributed by atoms with Crippen LogP contribution in [-0.4, -0.2) is 41.7 Å². The maximum Gasteiger partial charge on any atom is 0.326 e. The van der Waals surface area contributed by atoms with Gasteiger partial charge in [0.1, 0.15) is 12.6 Å². The van der Waals surface area contributed by atoms with Crippen molar-refractivity contribution in [2.75, 3.05) is 18.5 Å². The Morgan fingerprint density at radius 2 is 1.59 bits per heavy atom. The highest BCUT2D eigenvalue weighted by atomic mass is 16.5. The van der Waals surface area contributed by atoms with Crippen molar-refractivity contribution in [2.24, 2.45) is 0 Å². The molecule has 0 unspecified atom stereocenters. The van der Waals surface area contributed by atoms with Gasteiger partial charge in [0.15, 0.2) is 6.61 Å². The van der Waals surface area contributed by atoms with Crippen molar-refractivity contribution in [3.05, 3.63) is 65.2 Å². The smallest absolute Gasteiger partial charge is 0.326 e. The van der Waals surface area contributed by atoms with Crippen LogP contribution in [0, 0.1) is 11.3 Å². The monoisotopic (exact) mass is 363 g/mol. The van der Waals surface area contributed by atoms with Crippen LogP contribution in [0.25, 0.3) is 0 Å². The van der Waals surface area contributed by atoms with E-state index < -0.39 is 36.8 Å². The van der Waals surface area contributed by atoms with Crippen molar-refractivity contribution in [3.63, 3.8) is 0 Å². The minimum Gasteiger partial charge on any atom is -0.454 e. The molecule has 134 valence electrons. The Bertz CT molecular complexity index is 958. The predicted octanol–water partition coefficient (Wildman–Crippen LogP) is 1.34. The largest absolute Gasteiger partial charge is 0.454 e. The molecule has 27 heavy (non-hydrogen) atoms. The summed E-state index contributed by atoms with van der Waals surface area (Å²) in [4.78, 5) is 48.9. The molecule has 0 aromatic heterocycles. The van der Waals surface area contributed by atoms with Gasteiger partial charge >= 0.3 is 5.97 Å². The van der Waals surface area contributed by atoms with E-state index in [-0.39, 0.29) is 16.7 Å². The van der Waals surface area contributed by atoms with Gasteiger partial charge in [-0.1, -0.05) is 24.3 Å². The van der Waals surface area contributed by atoms with Crippen molar-refractivity contribution in [1.29, 1.82) is 5.26 Å². The van der Waals surface area contributed by atoms with Crippen molar-refractivity contribution < 1.29 is 23.9 Å². The summed E-state index contributed by atoms with van der Waals surface area (Å²) in [5.41, 5.74) is 1.01. The average molecular weight is 363 g/mol. The van der Waals surface area contributed by atoms with Crippen LogP contribution < -0.4 is 5.32 Å². The molecular formula is C19H13N3O5. The summed E-state index contributed by atoms with van der Waals surface area (Å²) in [6.45, 7) is -1.20. The van der Waals surface area contributed by atoms with Gasteiger partial charge in [-0.05, 0) is 24.3 Å². The number of hydrogen-bond donors (Lipinski definition) is 1. The van der Waals surface area contributed by atoms with Crippen LogP contribution in [0.2, 0.25) is 0 Å². The van der Waals surface area contributed by atoms with Gasteiger partial charge in [-0.15, -0.1) is 0 Å². The number of esters is 1. The fourth-order valence-electron chi connectivity index (χ4n) is 2.58. The quantitative estimate of drug-likeness (QED) is 0.633. The van der Waals surface area contributed by atoms with E-state index in [0.29, 0.717) is 5.69 Å². The first-order valence-corrected chi connectivity index (χ1v) is 7.91. The number of nitrogens with one attached hydrogen (secondary N) is 1. The summed E-state index contributed by atoms with van der Waals surface area (Å²) >= 11 is 0. The Labute approximate surface area is 153 Å². The zero-order valence-corrected chi connectivity index (χ0v) is 14.0. The van der Waals surface area contributed by atoms with Crippen molar-refractivity contribution in [2.45, 2.75) is 0 Å². The number of nitriles is 1. The summed E-state index contributed by atoms with van der Waals surface area (Å²) in [5.74, 6) is -2.71. The molecule has 0 spiro atoms. The third kappa shape index (κ3) is 3.67. The van der Waals surface area contributed by atoms with Crippen LogP contribution in [0.1, 0.15) is 26.3 Å². The summed E-state index contributed by atoms with van der Waals surface area (Å²) < 4.78 is 4.83. The zero-order valence-electron chi connectivity index (χ0n) is 14.0. The lowest BCUT2D eigenvalue weighted by Gasteiger charge is -2.13. The highest BCUT2D eigenvalue weighted by Gasteiger charge is 2.36. The van der Waals surface area contributed by atoms with Crippen molar-refractivity contribution >= 4 is 29.4 Å². The summed E-state index contributed by atoms with van der Waals surface area (Å²) in [6, 6.07) is 14.5. The lowest BCUT2D eigenvalue weighted by molar-refractivity contribution is -0.147. The first kappa shape index (κ1) is 17.8. The molecule has 0 fully saturated rings. The van der Waals surface area contributed by atoms with Gasteiger partial charge in [0.2, 0.25) is 0 Å². The van der Waals surface area contributed by atoms with Gasteiger partial charge in [0.05, 0.1) is 22.4 Å². The standard InChI is InChI=1S/C19H13N3O5/c20-9-12-5-1-4-8-15(12)21-16(23)11-27-17(24)10-22-18(25)13-6-2-3-7-14(13)19(22)26/h1-8H,10-11H2,(H,21,23). The second-order valence-corrected chi connectivity index (χ2v) is 5.61. The van der Waals surface area contributed by atoms with Gasteiger partial charge in [-0.25, -0.2) is 0 Å². The first-order valence-electron chi connectivity index (χ1n) is 7.91. The third-order valence-electron chi connectivity index (χ3n) is 3.85. The van der Waals surface area contributed by atoms with E-state index in [4.69, 9.17) is 10.00 Å². The maximum absolute atomic E-state index is 12.2. The molecule has 2 aromatic rings. The number of hydrogen-bond acceptors (Lipinski definition) is 6. The van der Waals surface area contributed by atoms with E-state index in [0.717, 1.165) is 4.90 Å². The lowest BCUT2D eigenvalue weighted by atomic mass is 10.1. The van der Waals surface area contributed by atoms with Gasteiger partial charge < -0.3 is 10.1 Å². The summed E-state index contributed by atoms with van der Waals surface area (Å²) in [7, 11) is 0. The van der Waals surface area contributed by atoms with Crippen LogP contribution in [0.15, 0.2) is 48.5 Å². The number of ether oxygens (including phenoxy) is 1. The Morgan fingerprint density at radius 3 is 2.22 bits per heavy atom. The molecule has 1 heterocycles. The number of rotatable bonds is 5. The number of amides is 3. The molecule has 0 saturated carbocycles. The Morgan fingerprint density at radius 1 is 1.00 bits per heavy atom. The molecule has 1 N–H and O–H groups in total. The molecule has 3 amide bonds. The van der Waals surface area contributed by atoms with Crippen LogP contribution >= 0.6 is 0 Å². The average Bonchev–Trinajstić information content (AvgIpc) is 2.92. The Hall–Kier alpha value is -3.99. The minimum atomic E-state index is -0.895. The van der Waals surface area contributed by atoms with E-state index in [1.165, 1.54) is 24.3 Å². The number of nitrogens with zero attached hydrogens (tertiary/aromatic N) is 2. The normalized spacial score (nSPS) is 12.3. The van der Waals surface area contributed by atoms with Gasteiger partial charge in [-0.2, -0.15) is 5.26 Å². The van der Waals surface area contributed by atoms with Crippen LogP contribution in [0.4, 0.5) is 5.69 Å². The SMILES string of the molecule is N#Cc1ccccc1NC(=O)COC(=O)CN1C(=O)c2ccccc2C1=O.